The van der Waals surface area contributed by atoms with Gasteiger partial charge in [0.25, 0.3) is 0 Å². The Kier molecular flexibility index (Phi) is 4.99. The first-order valence-electron chi connectivity index (χ1n) is 7.68. The van der Waals surface area contributed by atoms with Gasteiger partial charge in [-0.3, -0.25) is 0 Å². The molecule has 1 saturated heterocycles. The minimum absolute atomic E-state index is 0.0720. The molecule has 126 valence electrons. The van der Waals surface area contributed by atoms with Crippen molar-refractivity contribution in [2.75, 3.05) is 14.1 Å². The molecule has 23 heavy (non-hydrogen) atoms. The van der Waals surface area contributed by atoms with Crippen molar-refractivity contribution < 1.29 is 18.1 Å². The van der Waals surface area contributed by atoms with Crippen molar-refractivity contribution in [3.63, 3.8) is 0 Å². The highest BCUT2D eigenvalue weighted by Gasteiger charge is 2.49. The molecule has 0 saturated carbocycles. The molecule has 0 N–H and O–H groups in total. The maximum atomic E-state index is 14.1. The van der Waals surface area contributed by atoms with Crippen LogP contribution in [0.4, 0.5) is 8.78 Å². The molecule has 0 radical (unpaired) electrons. The lowest BCUT2D eigenvalue weighted by Gasteiger charge is -2.32. The van der Waals surface area contributed by atoms with Gasteiger partial charge in [0, 0.05) is 12.1 Å². The average molecular weight is 323 g/mol. The largest absolute Gasteiger partial charge is 0.487 e. The van der Waals surface area contributed by atoms with Crippen molar-refractivity contribution >= 4 is 13.2 Å². The molecular weight excluding hydrogens is 299 g/mol. The summed E-state index contributed by atoms with van der Waals surface area (Å²) in [7, 11) is 3.00. The molecule has 1 fully saturated rings. The summed E-state index contributed by atoms with van der Waals surface area (Å²) in [4.78, 5) is 1.72. The second kappa shape index (κ2) is 6.34. The van der Waals surface area contributed by atoms with Crippen LogP contribution in [-0.4, -0.2) is 37.3 Å². The third-order valence-electron chi connectivity index (χ3n) is 4.35. The van der Waals surface area contributed by atoms with Gasteiger partial charge in [0.15, 0.2) is 0 Å². The Bertz CT molecular complexity index is 576. The van der Waals surface area contributed by atoms with Crippen LogP contribution >= 0.6 is 0 Å². The maximum absolute atomic E-state index is 14.1. The Balaban J connectivity index is 2.15. The van der Waals surface area contributed by atoms with Crippen LogP contribution in [0.1, 0.15) is 38.8 Å². The molecule has 1 aromatic rings. The van der Waals surface area contributed by atoms with Crippen molar-refractivity contribution in [1.82, 2.24) is 4.90 Å². The number of rotatable bonds is 4. The molecule has 0 aliphatic carbocycles. The van der Waals surface area contributed by atoms with Crippen LogP contribution < -0.4 is 0 Å². The molecule has 2 rings (SSSR count). The van der Waals surface area contributed by atoms with Gasteiger partial charge in [-0.15, -0.1) is 0 Å². The van der Waals surface area contributed by atoms with Gasteiger partial charge >= 0.3 is 7.12 Å². The van der Waals surface area contributed by atoms with Crippen molar-refractivity contribution in [3.8, 4) is 0 Å². The first-order valence-corrected chi connectivity index (χ1v) is 7.68. The third kappa shape index (κ3) is 4.00. The van der Waals surface area contributed by atoms with Crippen LogP contribution in [0, 0.1) is 11.6 Å². The molecule has 0 spiro atoms. The van der Waals surface area contributed by atoms with Gasteiger partial charge in [-0.25, -0.2) is 8.78 Å². The molecule has 0 aromatic heterocycles. The summed E-state index contributed by atoms with van der Waals surface area (Å²) in [6.07, 6.45) is 1.62. The van der Waals surface area contributed by atoms with Gasteiger partial charge in [-0.1, -0.05) is 12.1 Å². The van der Waals surface area contributed by atoms with Gasteiger partial charge in [-0.2, -0.15) is 0 Å². The van der Waals surface area contributed by atoms with Gasteiger partial charge in [-0.05, 0) is 59.5 Å². The molecule has 1 aliphatic rings. The molecule has 0 atom stereocenters. The maximum Gasteiger partial charge on any atom is 0.487 e. The third-order valence-corrected chi connectivity index (χ3v) is 4.35. The number of hydrogen-bond acceptors (Lipinski definition) is 3. The molecule has 0 amide bonds. The standard InChI is InChI=1S/C17H24BF2NO2/c1-16(2)17(3,4)23-18(22-16)8-7-12-9-14(19)13(11-21(5)6)15(20)10-12/h7-10H,11H2,1-6H3/b8-7+. The average Bonchev–Trinajstić information content (AvgIpc) is 2.59. The predicted octanol–water partition coefficient (Wildman–Crippen LogP) is 3.67. The SMILES string of the molecule is CN(C)Cc1c(F)cc(/C=C/B2OC(C)(C)C(C)(C)O2)cc1F. The van der Waals surface area contributed by atoms with Gasteiger partial charge < -0.3 is 14.2 Å². The quantitative estimate of drug-likeness (QED) is 0.789. The van der Waals surface area contributed by atoms with E-state index in [1.807, 2.05) is 27.7 Å². The molecule has 0 unspecified atom stereocenters. The minimum Gasteiger partial charge on any atom is -0.400 e. The molecule has 1 aromatic carbocycles. The lowest BCUT2D eigenvalue weighted by atomic mass is 9.89. The monoisotopic (exact) mass is 323 g/mol. The highest BCUT2D eigenvalue weighted by Crippen LogP contribution is 2.37. The zero-order valence-electron chi connectivity index (χ0n) is 14.6. The van der Waals surface area contributed by atoms with Crippen LogP contribution in [0.25, 0.3) is 6.08 Å². The molecule has 0 bridgehead atoms. The second-order valence-corrected chi connectivity index (χ2v) is 7.18. The highest BCUT2D eigenvalue weighted by molar-refractivity contribution is 6.52. The lowest BCUT2D eigenvalue weighted by Crippen LogP contribution is -2.41. The summed E-state index contributed by atoms with van der Waals surface area (Å²) >= 11 is 0. The Morgan fingerprint density at radius 3 is 1.96 bits per heavy atom. The van der Waals surface area contributed by atoms with E-state index in [9.17, 15) is 8.78 Å². The van der Waals surface area contributed by atoms with Crippen LogP contribution in [0.2, 0.25) is 0 Å². The van der Waals surface area contributed by atoms with Gasteiger partial charge in [0.1, 0.15) is 11.6 Å². The normalized spacial score (nSPS) is 20.0. The zero-order chi connectivity index (χ0) is 17.4. The van der Waals surface area contributed by atoms with Crippen LogP contribution in [0.5, 0.6) is 0 Å². The van der Waals surface area contributed by atoms with Gasteiger partial charge in [0.2, 0.25) is 0 Å². The number of hydrogen-bond donors (Lipinski definition) is 0. The number of nitrogens with zero attached hydrogens (tertiary/aromatic N) is 1. The molecule has 3 nitrogen and oxygen atoms in total. The highest BCUT2D eigenvalue weighted by atomic mass is 19.1. The Morgan fingerprint density at radius 1 is 1.04 bits per heavy atom. The smallest absolute Gasteiger partial charge is 0.400 e. The van der Waals surface area contributed by atoms with E-state index in [0.29, 0.717) is 5.56 Å². The van der Waals surface area contributed by atoms with Crippen LogP contribution in [0.15, 0.2) is 18.1 Å². The van der Waals surface area contributed by atoms with E-state index in [1.165, 1.54) is 12.1 Å². The van der Waals surface area contributed by atoms with E-state index in [-0.39, 0.29) is 12.1 Å². The summed E-state index contributed by atoms with van der Waals surface area (Å²) in [5.74, 6) is 0.579. The number of benzene rings is 1. The van der Waals surface area contributed by atoms with E-state index < -0.39 is 30.0 Å². The fourth-order valence-corrected chi connectivity index (χ4v) is 2.34. The van der Waals surface area contributed by atoms with Crippen molar-refractivity contribution in [2.24, 2.45) is 0 Å². The van der Waals surface area contributed by atoms with E-state index in [0.717, 1.165) is 0 Å². The topological polar surface area (TPSA) is 21.7 Å². The van der Waals surface area contributed by atoms with Crippen molar-refractivity contribution in [3.05, 3.63) is 40.9 Å². The van der Waals surface area contributed by atoms with Gasteiger partial charge in [0.05, 0.1) is 11.2 Å². The first kappa shape index (κ1) is 18.1. The Labute approximate surface area is 137 Å². The molecule has 1 heterocycles. The van der Waals surface area contributed by atoms with E-state index in [2.05, 4.69) is 0 Å². The van der Waals surface area contributed by atoms with E-state index in [4.69, 9.17) is 9.31 Å². The molecule has 1 aliphatic heterocycles. The van der Waals surface area contributed by atoms with Crippen LogP contribution in [0.3, 0.4) is 0 Å². The second-order valence-electron chi connectivity index (χ2n) is 7.18. The first-order chi connectivity index (χ1) is 10.5. The zero-order valence-corrected chi connectivity index (χ0v) is 14.6. The van der Waals surface area contributed by atoms with E-state index in [1.54, 1.807) is 31.0 Å². The van der Waals surface area contributed by atoms with E-state index >= 15 is 0 Å². The summed E-state index contributed by atoms with van der Waals surface area (Å²) < 4.78 is 39.7. The van der Waals surface area contributed by atoms with Crippen molar-refractivity contribution in [2.45, 2.75) is 45.4 Å². The Hall–Kier alpha value is -1.24. The summed E-state index contributed by atoms with van der Waals surface area (Å²) in [5, 5.41) is 0. The Morgan fingerprint density at radius 2 is 1.52 bits per heavy atom. The molecule has 6 heteroatoms. The summed E-state index contributed by atoms with van der Waals surface area (Å²) in [6, 6.07) is 2.65. The number of halogens is 2. The summed E-state index contributed by atoms with van der Waals surface area (Å²) in [5.41, 5.74) is -0.359. The lowest BCUT2D eigenvalue weighted by molar-refractivity contribution is 0.00578. The predicted molar refractivity (Wildman–Crippen MR) is 88.9 cm³/mol. The van der Waals surface area contributed by atoms with Crippen LogP contribution in [-0.2, 0) is 15.9 Å². The minimum atomic E-state index is -0.549. The fourth-order valence-electron chi connectivity index (χ4n) is 2.34. The van der Waals surface area contributed by atoms with Crippen molar-refractivity contribution in [1.29, 1.82) is 0 Å². The summed E-state index contributed by atoms with van der Waals surface area (Å²) in [6.45, 7) is 8.04. The fraction of sp³-hybridized carbons (Fsp3) is 0.529. The molecular formula is C17H24BF2NO2.